The minimum absolute atomic E-state index is 0.232. The van der Waals surface area contributed by atoms with Crippen LogP contribution in [0.2, 0.25) is 0 Å². The molecule has 0 amide bonds. The number of quaternary nitrogens is 1. The maximum atomic E-state index is 11.4. The number of hydrogen-bond acceptors (Lipinski definition) is 8. The van der Waals surface area contributed by atoms with Crippen LogP contribution in [0.5, 0.6) is 0 Å². The molecule has 0 saturated carbocycles. The minimum atomic E-state index is -2.55. The van der Waals surface area contributed by atoms with Crippen molar-refractivity contribution in [1.82, 2.24) is 0 Å². The number of ether oxygens (including phenoxy) is 3. The average molecular weight is 462 g/mol. The van der Waals surface area contributed by atoms with Crippen LogP contribution in [-0.2, 0) is 26.0 Å². The molecule has 1 fully saturated rings. The third-order valence-electron chi connectivity index (χ3n) is 5.38. The highest BCUT2D eigenvalue weighted by Crippen LogP contribution is 2.54. The lowest BCUT2D eigenvalue weighted by atomic mass is 9.90. The Bertz CT molecular complexity index is 1020. The summed E-state index contributed by atoms with van der Waals surface area (Å²) in [7, 11) is 5.98. The Hall–Kier alpha value is -2.96. The second kappa shape index (κ2) is 8.43. The molecule has 1 heterocycles. The predicted molar refractivity (Wildman–Crippen MR) is 117 cm³/mol. The van der Waals surface area contributed by atoms with Crippen LogP contribution in [0.3, 0.4) is 0 Å². The summed E-state index contributed by atoms with van der Waals surface area (Å²) >= 11 is 0. The van der Waals surface area contributed by atoms with E-state index >= 15 is 0 Å². The van der Waals surface area contributed by atoms with Crippen LogP contribution in [0.1, 0.15) is 25.0 Å². The Morgan fingerprint density at radius 1 is 0.939 bits per heavy atom. The highest BCUT2D eigenvalue weighted by molar-refractivity contribution is 5.48. The van der Waals surface area contributed by atoms with Gasteiger partial charge in [-0.05, 0) is 13.8 Å². The molecule has 2 atom stereocenters. The Morgan fingerprint density at radius 3 is 1.97 bits per heavy atom. The maximum Gasteiger partial charge on any atom is 0.313 e. The first-order valence-electron chi connectivity index (χ1n) is 10.3. The molecule has 2 aromatic rings. The van der Waals surface area contributed by atoms with E-state index in [1.165, 1.54) is 0 Å². The first-order valence-corrected chi connectivity index (χ1v) is 10.3. The van der Waals surface area contributed by atoms with E-state index in [9.17, 15) is 25.3 Å². The fraction of sp³-hybridized carbons (Fsp3) is 0.455. The molecule has 0 radical (unpaired) electrons. The van der Waals surface area contributed by atoms with E-state index in [0.29, 0.717) is 16.6 Å². The van der Waals surface area contributed by atoms with Crippen molar-refractivity contribution < 1.29 is 33.6 Å². The summed E-state index contributed by atoms with van der Waals surface area (Å²) in [5, 5.41) is 34.1. The van der Waals surface area contributed by atoms with Crippen molar-refractivity contribution in [3.8, 4) is 0 Å². The van der Waals surface area contributed by atoms with E-state index in [1.54, 1.807) is 38.1 Å². The smallest absolute Gasteiger partial charge is 0.313 e. The molecule has 1 N–H and O–H groups in total. The van der Waals surface area contributed by atoms with Gasteiger partial charge in [0.25, 0.3) is 11.4 Å². The summed E-state index contributed by atoms with van der Waals surface area (Å²) in [5.41, 5.74) is -2.20. The zero-order chi connectivity index (χ0) is 24.7. The fourth-order valence-electron chi connectivity index (χ4n) is 3.67. The van der Waals surface area contributed by atoms with Crippen molar-refractivity contribution >= 4 is 11.4 Å². The molecule has 33 heavy (non-hydrogen) atoms. The summed E-state index contributed by atoms with van der Waals surface area (Å²) in [6.07, 6.45) is 0. The summed E-state index contributed by atoms with van der Waals surface area (Å²) in [6, 6.07) is 11.6. The van der Waals surface area contributed by atoms with Crippen LogP contribution < -0.4 is 0 Å². The van der Waals surface area contributed by atoms with Crippen LogP contribution in [0.15, 0.2) is 48.5 Å². The first-order chi connectivity index (χ1) is 15.2. The van der Waals surface area contributed by atoms with E-state index in [0.717, 1.165) is 18.2 Å². The monoisotopic (exact) mass is 462 g/mol. The maximum absolute atomic E-state index is 11.4. The van der Waals surface area contributed by atoms with Crippen molar-refractivity contribution in [2.24, 2.45) is 0 Å². The molecule has 0 bridgehead atoms. The molecule has 3 rings (SSSR count). The number of nitro benzene ring substituents is 2. The average Bonchev–Trinajstić information content (AvgIpc) is 2.94. The standard InChI is InChI=1S/C22H28N3O8/c1-20(2)21(16-9-7-6-8-10-16,31-12-11-25(3,4)5)33-22(26,32-20)17-13-18(23(27)28)15-19(14-17)24(29)30/h6-10,13-15,26H,11-12H2,1-5H3/q+1. The van der Waals surface area contributed by atoms with Gasteiger partial charge in [0.05, 0.1) is 49.2 Å². The van der Waals surface area contributed by atoms with Crippen LogP contribution in [0.25, 0.3) is 0 Å². The number of nitrogens with zero attached hydrogens (tertiary/aromatic N) is 3. The first kappa shape index (κ1) is 24.7. The number of aliphatic hydroxyl groups is 1. The van der Waals surface area contributed by atoms with Gasteiger partial charge in [-0.2, -0.15) is 0 Å². The largest absolute Gasteiger partial charge is 0.339 e. The predicted octanol–water partition coefficient (Wildman–Crippen LogP) is 3.01. The molecule has 2 unspecified atom stereocenters. The second-order valence-corrected chi connectivity index (χ2v) is 9.39. The molecule has 1 aliphatic heterocycles. The second-order valence-electron chi connectivity index (χ2n) is 9.39. The summed E-state index contributed by atoms with van der Waals surface area (Å²) in [4.78, 5) is 21.1. The van der Waals surface area contributed by atoms with Crippen LogP contribution in [0, 0.1) is 20.2 Å². The normalized spacial score (nSPS) is 24.5. The Balaban J connectivity index is 2.12. The van der Waals surface area contributed by atoms with Gasteiger partial charge in [0.1, 0.15) is 12.1 Å². The van der Waals surface area contributed by atoms with Crippen molar-refractivity contribution in [1.29, 1.82) is 0 Å². The van der Waals surface area contributed by atoms with Crippen molar-refractivity contribution in [3.63, 3.8) is 0 Å². The lowest BCUT2D eigenvalue weighted by Gasteiger charge is -2.38. The molecule has 0 aromatic heterocycles. The quantitative estimate of drug-likeness (QED) is 0.359. The zero-order valence-electron chi connectivity index (χ0n) is 19.2. The van der Waals surface area contributed by atoms with E-state index < -0.39 is 38.6 Å². The molecule has 1 saturated heterocycles. The number of hydrogen-bond donors (Lipinski definition) is 1. The van der Waals surface area contributed by atoms with E-state index in [4.69, 9.17) is 14.2 Å². The third kappa shape index (κ3) is 4.87. The number of nitro groups is 2. The van der Waals surface area contributed by atoms with Gasteiger partial charge in [0.15, 0.2) is 0 Å². The molecule has 11 nitrogen and oxygen atoms in total. The van der Waals surface area contributed by atoms with Crippen molar-refractivity contribution in [2.45, 2.75) is 31.2 Å². The molecule has 2 aromatic carbocycles. The molecule has 1 aliphatic rings. The molecule has 11 heteroatoms. The molecule has 0 aliphatic carbocycles. The lowest BCUT2D eigenvalue weighted by molar-refractivity contribution is -0.871. The fourth-order valence-corrected chi connectivity index (χ4v) is 3.67. The number of non-ortho nitro benzene ring substituents is 2. The van der Waals surface area contributed by atoms with Crippen molar-refractivity contribution in [2.75, 3.05) is 34.3 Å². The number of benzene rings is 2. The summed E-state index contributed by atoms with van der Waals surface area (Å²) < 4.78 is 18.8. The topological polar surface area (TPSA) is 134 Å². The number of likely N-dealkylation sites (N-methyl/N-ethyl adjacent to an activating group) is 1. The molecular formula is C22H28N3O8+. The van der Waals surface area contributed by atoms with Crippen LogP contribution >= 0.6 is 0 Å². The summed E-state index contributed by atoms with van der Waals surface area (Å²) in [5.74, 6) is -4.16. The van der Waals surface area contributed by atoms with Gasteiger partial charge in [-0.3, -0.25) is 25.0 Å². The van der Waals surface area contributed by atoms with Gasteiger partial charge >= 0.3 is 5.97 Å². The van der Waals surface area contributed by atoms with Gasteiger partial charge in [-0.25, -0.2) is 0 Å². The molecule has 0 spiro atoms. The van der Waals surface area contributed by atoms with Gasteiger partial charge in [0, 0.05) is 17.7 Å². The zero-order valence-corrected chi connectivity index (χ0v) is 19.2. The molecular weight excluding hydrogens is 434 g/mol. The third-order valence-corrected chi connectivity index (χ3v) is 5.38. The van der Waals surface area contributed by atoms with Gasteiger partial charge < -0.3 is 19.1 Å². The minimum Gasteiger partial charge on any atom is -0.339 e. The Morgan fingerprint density at radius 2 is 1.48 bits per heavy atom. The number of rotatable bonds is 8. The van der Waals surface area contributed by atoms with Gasteiger partial charge in [-0.1, -0.05) is 30.3 Å². The van der Waals surface area contributed by atoms with E-state index in [-0.39, 0.29) is 12.2 Å². The van der Waals surface area contributed by atoms with Gasteiger partial charge in [0.2, 0.25) is 5.79 Å². The Labute approximate surface area is 191 Å². The van der Waals surface area contributed by atoms with Gasteiger partial charge in [-0.15, -0.1) is 0 Å². The van der Waals surface area contributed by atoms with E-state index in [2.05, 4.69) is 0 Å². The highest BCUT2D eigenvalue weighted by atomic mass is 16.9. The van der Waals surface area contributed by atoms with Crippen molar-refractivity contribution in [3.05, 3.63) is 79.9 Å². The summed E-state index contributed by atoms with van der Waals surface area (Å²) in [6.45, 7) is 4.14. The van der Waals surface area contributed by atoms with Crippen LogP contribution in [0.4, 0.5) is 11.4 Å². The van der Waals surface area contributed by atoms with E-state index in [1.807, 2.05) is 27.2 Å². The Kier molecular flexibility index (Phi) is 6.30. The molecule has 178 valence electrons. The van der Waals surface area contributed by atoms with Crippen LogP contribution in [-0.4, -0.2) is 59.3 Å². The highest BCUT2D eigenvalue weighted by Gasteiger charge is 2.65. The lowest BCUT2D eigenvalue weighted by Crippen LogP contribution is -2.49. The SMILES string of the molecule is CC1(C)OC(O)(c2cc([N+](=O)[O-])cc([N+](=O)[O-])c2)OC1(OCC[N+](C)(C)C)c1ccccc1.